The molecule has 0 heterocycles. The number of benzene rings is 1. The first-order valence-corrected chi connectivity index (χ1v) is 17.2. The fraction of sp³-hybridized carbons (Fsp3) is 0.744. The molecule has 2 fully saturated rings. The summed E-state index contributed by atoms with van der Waals surface area (Å²) in [7, 11) is 0. The Morgan fingerprint density at radius 3 is 1.84 bits per heavy atom. The molecule has 43 heavy (non-hydrogen) atoms. The van der Waals surface area contributed by atoms with E-state index in [0.29, 0.717) is 11.8 Å². The molecular weight excluding hydrogens is 532 g/mol. The minimum Gasteiger partial charge on any atom is -0.454 e. The van der Waals surface area contributed by atoms with Crippen molar-refractivity contribution in [2.75, 3.05) is 0 Å². The summed E-state index contributed by atoms with van der Waals surface area (Å²) in [5.74, 6) is 0.663. The van der Waals surface area contributed by atoms with Crippen LogP contribution in [0.1, 0.15) is 157 Å². The Hall–Kier alpha value is -2.10. The lowest BCUT2D eigenvalue weighted by Crippen LogP contribution is -2.40. The summed E-state index contributed by atoms with van der Waals surface area (Å²) in [4.78, 5) is 26.6. The number of esters is 2. The Morgan fingerprint density at radius 2 is 1.30 bits per heavy atom. The van der Waals surface area contributed by atoms with Gasteiger partial charge in [-0.1, -0.05) is 71.9 Å². The largest absolute Gasteiger partial charge is 0.454 e. The van der Waals surface area contributed by atoms with E-state index in [4.69, 9.17) is 9.47 Å². The van der Waals surface area contributed by atoms with Crippen LogP contribution in [0.5, 0.6) is 0 Å². The van der Waals surface area contributed by atoms with E-state index in [1.807, 2.05) is 33.8 Å². The quantitative estimate of drug-likeness (QED) is 0.159. The Bertz CT molecular complexity index is 1080. The van der Waals surface area contributed by atoms with Gasteiger partial charge in [0.25, 0.3) is 0 Å². The second kappa shape index (κ2) is 13.9. The summed E-state index contributed by atoms with van der Waals surface area (Å²) in [6.07, 6.45) is 14.6. The van der Waals surface area contributed by atoms with Crippen molar-refractivity contribution in [1.82, 2.24) is 0 Å². The normalized spacial score (nSPS) is 19.6. The highest BCUT2D eigenvalue weighted by Gasteiger charge is 2.43. The van der Waals surface area contributed by atoms with Crippen LogP contribution >= 0.6 is 0 Å². The van der Waals surface area contributed by atoms with E-state index < -0.39 is 22.0 Å². The van der Waals surface area contributed by atoms with Gasteiger partial charge in [0.15, 0.2) is 0 Å². The highest BCUT2D eigenvalue weighted by atomic mass is 16.6. The van der Waals surface area contributed by atoms with Crippen molar-refractivity contribution in [3.8, 4) is 0 Å². The predicted molar refractivity (Wildman–Crippen MR) is 178 cm³/mol. The number of hydrogen-bond donors (Lipinski definition) is 0. The first-order chi connectivity index (χ1) is 20.0. The van der Waals surface area contributed by atoms with Crippen LogP contribution in [0.25, 0.3) is 0 Å². The molecular formula is C39H62O4. The van der Waals surface area contributed by atoms with Crippen LogP contribution in [0.3, 0.4) is 0 Å². The van der Waals surface area contributed by atoms with E-state index in [9.17, 15) is 9.59 Å². The minimum atomic E-state index is -0.528. The van der Waals surface area contributed by atoms with Gasteiger partial charge in [0, 0.05) is 0 Å². The first-order valence-electron chi connectivity index (χ1n) is 17.2. The fourth-order valence-electron chi connectivity index (χ4n) is 7.67. The van der Waals surface area contributed by atoms with Crippen LogP contribution in [0.15, 0.2) is 36.9 Å². The number of hydrogen-bond acceptors (Lipinski definition) is 4. The van der Waals surface area contributed by atoms with Gasteiger partial charge in [-0.15, -0.1) is 0 Å². The zero-order valence-electron chi connectivity index (χ0n) is 29.1. The molecule has 4 nitrogen and oxygen atoms in total. The summed E-state index contributed by atoms with van der Waals surface area (Å²) >= 11 is 0. The SMILES string of the molecule is C=CC1(OC(=O)C(C)(C)CC(C)CCC(C)(C)c2ccc(C3(OC(=O)C(C)(C)CC(C)C)CCCCC3)cc2)CCCC1. The molecule has 0 spiro atoms. The fourth-order valence-corrected chi connectivity index (χ4v) is 7.67. The third kappa shape index (κ3) is 8.98. The zero-order valence-corrected chi connectivity index (χ0v) is 29.1. The summed E-state index contributed by atoms with van der Waals surface area (Å²) < 4.78 is 12.5. The van der Waals surface area contributed by atoms with Gasteiger partial charge in [-0.3, -0.25) is 9.59 Å². The van der Waals surface area contributed by atoms with Crippen LogP contribution in [0.4, 0.5) is 0 Å². The second-order valence-corrected chi connectivity index (χ2v) is 16.5. The molecule has 4 heteroatoms. The number of carbonyl (C=O) groups is 2. The van der Waals surface area contributed by atoms with Crippen molar-refractivity contribution < 1.29 is 19.1 Å². The molecule has 242 valence electrons. The smallest absolute Gasteiger partial charge is 0.312 e. The van der Waals surface area contributed by atoms with Crippen LogP contribution in [0, 0.1) is 22.7 Å². The van der Waals surface area contributed by atoms with Gasteiger partial charge in [-0.05, 0) is 139 Å². The number of rotatable bonds is 14. The van der Waals surface area contributed by atoms with Gasteiger partial charge < -0.3 is 9.47 Å². The maximum atomic E-state index is 13.4. The van der Waals surface area contributed by atoms with E-state index in [1.165, 1.54) is 12.0 Å². The van der Waals surface area contributed by atoms with E-state index in [1.54, 1.807) is 0 Å². The molecule has 1 atom stereocenters. The number of carbonyl (C=O) groups excluding carboxylic acids is 2. The van der Waals surface area contributed by atoms with Crippen molar-refractivity contribution in [1.29, 1.82) is 0 Å². The molecule has 0 aromatic heterocycles. The molecule has 3 rings (SSSR count). The Labute approximate surface area is 263 Å². The van der Waals surface area contributed by atoms with Crippen LogP contribution in [0.2, 0.25) is 0 Å². The first kappa shape index (κ1) is 35.4. The lowest BCUT2D eigenvalue weighted by atomic mass is 9.74. The summed E-state index contributed by atoms with van der Waals surface area (Å²) in [6, 6.07) is 8.93. The lowest BCUT2D eigenvalue weighted by Gasteiger charge is -2.40. The maximum absolute atomic E-state index is 13.4. The third-order valence-electron chi connectivity index (χ3n) is 10.4. The van der Waals surface area contributed by atoms with Crippen LogP contribution in [-0.2, 0) is 30.1 Å². The van der Waals surface area contributed by atoms with Gasteiger partial charge in [0.1, 0.15) is 11.2 Å². The Balaban J connectivity index is 1.65. The van der Waals surface area contributed by atoms with Gasteiger partial charge in [0.05, 0.1) is 10.8 Å². The van der Waals surface area contributed by atoms with E-state index in [0.717, 1.165) is 82.6 Å². The zero-order chi connectivity index (χ0) is 32.1. The Morgan fingerprint density at radius 1 is 0.791 bits per heavy atom. The van der Waals surface area contributed by atoms with Gasteiger partial charge >= 0.3 is 11.9 Å². The number of ether oxygens (including phenoxy) is 2. The monoisotopic (exact) mass is 594 g/mol. The van der Waals surface area contributed by atoms with Gasteiger partial charge in [-0.2, -0.15) is 0 Å². The predicted octanol–water partition coefficient (Wildman–Crippen LogP) is 10.6. The average Bonchev–Trinajstić information content (AvgIpc) is 3.40. The maximum Gasteiger partial charge on any atom is 0.312 e. The van der Waals surface area contributed by atoms with Gasteiger partial charge in [-0.25, -0.2) is 0 Å². The highest BCUT2D eigenvalue weighted by molar-refractivity contribution is 5.77. The van der Waals surface area contributed by atoms with E-state index in [-0.39, 0.29) is 17.4 Å². The minimum absolute atomic E-state index is 0.0101. The van der Waals surface area contributed by atoms with E-state index in [2.05, 4.69) is 65.5 Å². The molecule has 2 aliphatic rings. The standard InChI is InChI=1S/C39H62O4/c1-11-38(22-15-16-23-38)42-33(40)37(9,10)28-30(4)21-26-35(5,6)31-17-19-32(20-18-31)39(24-13-12-14-25-39)43-34(41)36(7,8)27-29(2)3/h11,17-20,29-30H,1,12-16,21-28H2,2-10H3. The van der Waals surface area contributed by atoms with Crippen molar-refractivity contribution in [2.24, 2.45) is 22.7 Å². The molecule has 0 aliphatic heterocycles. The molecule has 1 aromatic carbocycles. The van der Waals surface area contributed by atoms with Crippen LogP contribution in [-0.4, -0.2) is 17.5 Å². The average molecular weight is 595 g/mol. The molecule has 0 saturated heterocycles. The molecule has 2 saturated carbocycles. The summed E-state index contributed by atoms with van der Waals surface area (Å²) in [6.45, 7) is 23.3. The Kier molecular flexibility index (Phi) is 11.4. The van der Waals surface area contributed by atoms with Crippen molar-refractivity contribution in [2.45, 2.75) is 162 Å². The molecule has 0 radical (unpaired) electrons. The summed E-state index contributed by atoms with van der Waals surface area (Å²) in [5, 5.41) is 0. The van der Waals surface area contributed by atoms with Gasteiger partial charge in [0.2, 0.25) is 0 Å². The van der Waals surface area contributed by atoms with Crippen molar-refractivity contribution in [3.63, 3.8) is 0 Å². The van der Waals surface area contributed by atoms with Crippen molar-refractivity contribution in [3.05, 3.63) is 48.0 Å². The van der Waals surface area contributed by atoms with E-state index >= 15 is 0 Å². The van der Waals surface area contributed by atoms with Crippen LogP contribution < -0.4 is 0 Å². The second-order valence-electron chi connectivity index (χ2n) is 16.5. The molecule has 1 unspecified atom stereocenters. The topological polar surface area (TPSA) is 52.6 Å². The lowest BCUT2D eigenvalue weighted by molar-refractivity contribution is -0.177. The van der Waals surface area contributed by atoms with Crippen molar-refractivity contribution >= 4 is 11.9 Å². The summed E-state index contributed by atoms with van der Waals surface area (Å²) in [5.41, 5.74) is 0.408. The third-order valence-corrected chi connectivity index (χ3v) is 10.4. The molecule has 1 aromatic rings. The molecule has 0 N–H and O–H groups in total. The molecule has 0 amide bonds. The highest BCUT2D eigenvalue weighted by Crippen LogP contribution is 2.44. The molecule has 2 aliphatic carbocycles. The molecule has 0 bridgehead atoms.